The van der Waals surface area contributed by atoms with Crippen LogP contribution >= 0.6 is 0 Å². The summed E-state index contributed by atoms with van der Waals surface area (Å²) in [6, 6.07) is 12.9. The Morgan fingerprint density at radius 2 is 2.05 bits per heavy atom. The van der Waals surface area contributed by atoms with E-state index >= 15 is 0 Å². The number of phenols is 1. The van der Waals surface area contributed by atoms with E-state index in [1.165, 1.54) is 13.2 Å². The fourth-order valence-electron chi connectivity index (χ4n) is 2.42. The summed E-state index contributed by atoms with van der Waals surface area (Å²) in [5.41, 5.74) is 2.62. The summed E-state index contributed by atoms with van der Waals surface area (Å²) < 4.78 is 5.11. The molecule has 0 atom stereocenters. The van der Waals surface area contributed by atoms with E-state index in [1.807, 2.05) is 30.3 Å². The van der Waals surface area contributed by atoms with Crippen LogP contribution in [0.2, 0.25) is 0 Å². The molecular formula is C16H16N2O3. The number of benzene rings is 2. The fraction of sp³-hybridized carbons (Fsp3) is 0.188. The van der Waals surface area contributed by atoms with Crippen molar-refractivity contribution in [1.29, 1.82) is 0 Å². The SMILES string of the molecule is COc1cc2c(cc1O)NC(=O)N(Cc1ccccc1)C2. The Bertz CT molecular complexity index is 671. The number of methoxy groups -OCH3 is 1. The standard InChI is InChI=1S/C16H16N2O3/c1-21-15-7-12-10-18(9-11-5-3-2-4-6-11)16(20)17-13(12)8-14(15)19/h2-8,19H,9-10H2,1H3,(H,17,20). The van der Waals surface area contributed by atoms with Crippen LogP contribution in [0.5, 0.6) is 11.5 Å². The number of carbonyl (C=O) groups is 1. The van der Waals surface area contributed by atoms with Crippen molar-refractivity contribution >= 4 is 11.7 Å². The summed E-state index contributed by atoms with van der Waals surface area (Å²) >= 11 is 0. The van der Waals surface area contributed by atoms with Gasteiger partial charge in [0.05, 0.1) is 12.8 Å². The molecule has 0 aliphatic carbocycles. The largest absolute Gasteiger partial charge is 0.504 e. The minimum absolute atomic E-state index is 0.0214. The molecule has 1 aliphatic heterocycles. The summed E-state index contributed by atoms with van der Waals surface area (Å²) in [4.78, 5) is 13.8. The number of anilines is 1. The number of rotatable bonds is 3. The second kappa shape index (κ2) is 5.36. The maximum Gasteiger partial charge on any atom is 0.322 e. The number of fused-ring (bicyclic) bond motifs is 1. The lowest BCUT2D eigenvalue weighted by Gasteiger charge is -2.29. The number of hydrogen-bond donors (Lipinski definition) is 2. The second-order valence-corrected chi connectivity index (χ2v) is 4.95. The van der Waals surface area contributed by atoms with Crippen molar-refractivity contribution in [3.05, 3.63) is 53.6 Å². The first-order valence-corrected chi connectivity index (χ1v) is 6.67. The molecule has 21 heavy (non-hydrogen) atoms. The minimum Gasteiger partial charge on any atom is -0.504 e. The number of hydrogen-bond acceptors (Lipinski definition) is 3. The molecule has 2 N–H and O–H groups in total. The Labute approximate surface area is 122 Å². The van der Waals surface area contributed by atoms with E-state index in [2.05, 4.69) is 5.32 Å². The third kappa shape index (κ3) is 2.63. The van der Waals surface area contributed by atoms with E-state index in [0.717, 1.165) is 11.1 Å². The highest BCUT2D eigenvalue weighted by Gasteiger charge is 2.24. The molecule has 0 saturated carbocycles. The van der Waals surface area contributed by atoms with Crippen molar-refractivity contribution in [3.8, 4) is 11.5 Å². The zero-order chi connectivity index (χ0) is 14.8. The monoisotopic (exact) mass is 284 g/mol. The Balaban J connectivity index is 1.86. The number of nitrogens with one attached hydrogen (secondary N) is 1. The van der Waals surface area contributed by atoms with Gasteiger partial charge in [0.25, 0.3) is 0 Å². The molecule has 0 unspecified atom stereocenters. The number of ether oxygens (including phenoxy) is 1. The zero-order valence-electron chi connectivity index (χ0n) is 11.7. The lowest BCUT2D eigenvalue weighted by atomic mass is 10.1. The van der Waals surface area contributed by atoms with Crippen LogP contribution in [0.25, 0.3) is 0 Å². The van der Waals surface area contributed by atoms with Gasteiger partial charge in [0, 0.05) is 19.2 Å². The molecule has 3 rings (SSSR count). The van der Waals surface area contributed by atoms with E-state index < -0.39 is 0 Å². The first kappa shape index (κ1) is 13.3. The third-order valence-corrected chi connectivity index (χ3v) is 3.51. The van der Waals surface area contributed by atoms with Crippen LogP contribution < -0.4 is 10.1 Å². The highest BCUT2D eigenvalue weighted by Crippen LogP contribution is 2.35. The normalized spacial score (nSPS) is 13.6. The number of carbonyl (C=O) groups excluding carboxylic acids is 1. The highest BCUT2D eigenvalue weighted by atomic mass is 16.5. The fourth-order valence-corrected chi connectivity index (χ4v) is 2.42. The van der Waals surface area contributed by atoms with Gasteiger partial charge in [-0.3, -0.25) is 0 Å². The highest BCUT2D eigenvalue weighted by molar-refractivity contribution is 5.92. The van der Waals surface area contributed by atoms with Gasteiger partial charge in [-0.1, -0.05) is 30.3 Å². The van der Waals surface area contributed by atoms with Crippen LogP contribution in [-0.4, -0.2) is 23.1 Å². The first-order valence-electron chi connectivity index (χ1n) is 6.67. The molecule has 0 spiro atoms. The zero-order valence-corrected chi connectivity index (χ0v) is 11.7. The van der Waals surface area contributed by atoms with Gasteiger partial charge in [0.1, 0.15) is 0 Å². The molecule has 0 aromatic heterocycles. The Hall–Kier alpha value is -2.69. The van der Waals surface area contributed by atoms with E-state index in [4.69, 9.17) is 4.74 Å². The van der Waals surface area contributed by atoms with Crippen LogP contribution in [0.15, 0.2) is 42.5 Å². The van der Waals surface area contributed by atoms with Gasteiger partial charge in [0.2, 0.25) is 0 Å². The first-order chi connectivity index (χ1) is 10.2. The maximum absolute atomic E-state index is 12.1. The van der Waals surface area contributed by atoms with Crippen molar-refractivity contribution in [3.63, 3.8) is 0 Å². The third-order valence-electron chi connectivity index (χ3n) is 3.51. The number of phenolic OH excluding ortho intramolecular Hbond substituents is 1. The smallest absolute Gasteiger partial charge is 0.322 e. The van der Waals surface area contributed by atoms with Gasteiger partial charge >= 0.3 is 6.03 Å². The van der Waals surface area contributed by atoms with Crippen molar-refractivity contribution in [2.24, 2.45) is 0 Å². The van der Waals surface area contributed by atoms with Gasteiger partial charge in [-0.25, -0.2) is 4.79 Å². The average Bonchev–Trinajstić information content (AvgIpc) is 2.49. The van der Waals surface area contributed by atoms with Crippen molar-refractivity contribution in [1.82, 2.24) is 4.90 Å². The minimum atomic E-state index is -0.170. The van der Waals surface area contributed by atoms with E-state index in [-0.39, 0.29) is 11.8 Å². The van der Waals surface area contributed by atoms with E-state index in [0.29, 0.717) is 24.5 Å². The van der Waals surface area contributed by atoms with Gasteiger partial charge in [-0.2, -0.15) is 0 Å². The van der Waals surface area contributed by atoms with Crippen molar-refractivity contribution in [2.45, 2.75) is 13.1 Å². The summed E-state index contributed by atoms with van der Waals surface area (Å²) in [6.07, 6.45) is 0. The molecule has 0 saturated heterocycles. The van der Waals surface area contributed by atoms with Crippen LogP contribution in [-0.2, 0) is 13.1 Å². The predicted molar refractivity (Wildman–Crippen MR) is 79.4 cm³/mol. The molecular weight excluding hydrogens is 268 g/mol. The number of amides is 2. The topological polar surface area (TPSA) is 61.8 Å². The number of nitrogens with zero attached hydrogens (tertiary/aromatic N) is 1. The molecule has 0 fully saturated rings. The molecule has 2 aromatic rings. The van der Waals surface area contributed by atoms with Gasteiger partial charge in [0.15, 0.2) is 11.5 Å². The Morgan fingerprint density at radius 3 is 2.76 bits per heavy atom. The lowest BCUT2D eigenvalue weighted by molar-refractivity contribution is 0.203. The Morgan fingerprint density at radius 1 is 1.29 bits per heavy atom. The molecule has 1 aliphatic rings. The molecule has 2 aromatic carbocycles. The molecule has 2 amide bonds. The van der Waals surface area contributed by atoms with Gasteiger partial charge in [-0.15, -0.1) is 0 Å². The van der Waals surface area contributed by atoms with Crippen molar-refractivity contribution in [2.75, 3.05) is 12.4 Å². The lowest BCUT2D eigenvalue weighted by Crippen LogP contribution is -2.38. The van der Waals surface area contributed by atoms with Crippen molar-refractivity contribution < 1.29 is 14.6 Å². The molecule has 5 heteroatoms. The number of urea groups is 1. The molecule has 0 radical (unpaired) electrons. The predicted octanol–water partition coefficient (Wildman–Crippen LogP) is 2.95. The average molecular weight is 284 g/mol. The van der Waals surface area contributed by atoms with Gasteiger partial charge < -0.3 is 20.1 Å². The molecule has 1 heterocycles. The summed E-state index contributed by atoms with van der Waals surface area (Å²) in [5, 5.41) is 12.6. The maximum atomic E-state index is 12.1. The van der Waals surface area contributed by atoms with E-state index in [1.54, 1.807) is 11.0 Å². The second-order valence-electron chi connectivity index (χ2n) is 4.95. The van der Waals surface area contributed by atoms with Crippen LogP contribution in [0.4, 0.5) is 10.5 Å². The summed E-state index contributed by atoms with van der Waals surface area (Å²) in [6.45, 7) is 1.02. The quantitative estimate of drug-likeness (QED) is 0.911. The molecule has 0 bridgehead atoms. The molecule has 5 nitrogen and oxygen atoms in total. The van der Waals surface area contributed by atoms with Crippen LogP contribution in [0.1, 0.15) is 11.1 Å². The molecule has 108 valence electrons. The van der Waals surface area contributed by atoms with Crippen LogP contribution in [0.3, 0.4) is 0 Å². The summed E-state index contributed by atoms with van der Waals surface area (Å²) in [7, 11) is 1.50. The number of aromatic hydroxyl groups is 1. The summed E-state index contributed by atoms with van der Waals surface area (Å²) in [5.74, 6) is 0.428. The Kier molecular flexibility index (Phi) is 3.39. The van der Waals surface area contributed by atoms with Crippen LogP contribution in [0, 0.1) is 0 Å². The van der Waals surface area contributed by atoms with Gasteiger partial charge in [-0.05, 0) is 17.2 Å². The van der Waals surface area contributed by atoms with E-state index in [9.17, 15) is 9.90 Å².